The molecule has 0 aromatic heterocycles. The Morgan fingerprint density at radius 3 is 2.20 bits per heavy atom. The number of rotatable bonds is 10. The first-order valence-corrected chi connectivity index (χ1v) is 7.44. The van der Waals surface area contributed by atoms with E-state index in [0.29, 0.717) is 13.1 Å². The van der Waals surface area contributed by atoms with Gasteiger partial charge in [0.2, 0.25) is 0 Å². The Morgan fingerprint density at radius 2 is 1.75 bits per heavy atom. The summed E-state index contributed by atoms with van der Waals surface area (Å²) in [4.78, 5) is 26.5. The molecule has 2 N–H and O–H groups in total. The zero-order valence-electron chi connectivity index (χ0n) is 13.2. The molecular formula is C14H29N3O3. The summed E-state index contributed by atoms with van der Waals surface area (Å²) in [5.41, 5.74) is 0. The molecule has 0 saturated carbocycles. The third-order valence-electron chi connectivity index (χ3n) is 3.43. The lowest BCUT2D eigenvalue weighted by molar-refractivity contribution is -0.138. The number of hydrogen-bond donors (Lipinski definition) is 2. The van der Waals surface area contributed by atoms with E-state index >= 15 is 0 Å². The van der Waals surface area contributed by atoms with Crippen LogP contribution in [0.25, 0.3) is 0 Å². The van der Waals surface area contributed by atoms with Gasteiger partial charge in [0.1, 0.15) is 0 Å². The number of carbonyl (C=O) groups excluding carboxylic acids is 1. The Bertz CT molecular complexity index is 293. The Kier molecular flexibility index (Phi) is 9.80. The summed E-state index contributed by atoms with van der Waals surface area (Å²) in [6.45, 7) is 12.0. The van der Waals surface area contributed by atoms with Gasteiger partial charge in [0.25, 0.3) is 0 Å². The van der Waals surface area contributed by atoms with Crippen LogP contribution in [0, 0.1) is 0 Å². The summed E-state index contributed by atoms with van der Waals surface area (Å²) in [6, 6.07) is -0.471. The molecule has 0 saturated heterocycles. The van der Waals surface area contributed by atoms with Crippen molar-refractivity contribution in [2.24, 2.45) is 0 Å². The van der Waals surface area contributed by atoms with Crippen LogP contribution in [0.5, 0.6) is 0 Å². The maximum absolute atomic E-state index is 12.0. The van der Waals surface area contributed by atoms with E-state index in [-0.39, 0.29) is 18.5 Å². The molecule has 2 amide bonds. The molecule has 0 aromatic rings. The predicted molar refractivity (Wildman–Crippen MR) is 79.9 cm³/mol. The van der Waals surface area contributed by atoms with Crippen molar-refractivity contribution < 1.29 is 14.7 Å². The summed E-state index contributed by atoms with van der Waals surface area (Å²) in [5, 5.41) is 11.6. The second kappa shape index (κ2) is 10.5. The van der Waals surface area contributed by atoms with Gasteiger partial charge in [-0.2, -0.15) is 0 Å². The number of amides is 2. The highest BCUT2D eigenvalue weighted by Gasteiger charge is 2.20. The van der Waals surface area contributed by atoms with E-state index in [1.54, 1.807) is 11.8 Å². The third-order valence-corrected chi connectivity index (χ3v) is 3.43. The molecule has 0 aromatic carbocycles. The van der Waals surface area contributed by atoms with Crippen molar-refractivity contribution in [1.29, 1.82) is 0 Å². The first kappa shape index (κ1) is 18.7. The van der Waals surface area contributed by atoms with Crippen LogP contribution < -0.4 is 5.32 Å². The number of nitrogens with zero attached hydrogens (tertiary/aromatic N) is 2. The largest absolute Gasteiger partial charge is 0.481 e. The SMILES string of the molecule is CCN(CC)CCCNC(=O)N(CC)C(C)CC(=O)O. The maximum atomic E-state index is 12.0. The second-order valence-electron chi connectivity index (χ2n) is 4.85. The summed E-state index contributed by atoms with van der Waals surface area (Å²) in [7, 11) is 0. The molecule has 6 heteroatoms. The van der Waals surface area contributed by atoms with Crippen molar-refractivity contribution in [2.45, 2.75) is 46.6 Å². The monoisotopic (exact) mass is 287 g/mol. The maximum Gasteiger partial charge on any atom is 0.317 e. The molecule has 0 heterocycles. The summed E-state index contributed by atoms with van der Waals surface area (Å²) < 4.78 is 0. The van der Waals surface area contributed by atoms with Crippen molar-refractivity contribution >= 4 is 12.0 Å². The van der Waals surface area contributed by atoms with Crippen LogP contribution >= 0.6 is 0 Å². The number of aliphatic carboxylic acids is 1. The Balaban J connectivity index is 4.07. The smallest absolute Gasteiger partial charge is 0.317 e. The van der Waals surface area contributed by atoms with Gasteiger partial charge in [-0.05, 0) is 39.9 Å². The molecule has 0 bridgehead atoms. The number of carboxylic acid groups (broad SMARTS) is 1. The number of hydrogen-bond acceptors (Lipinski definition) is 3. The third kappa shape index (κ3) is 7.33. The van der Waals surface area contributed by atoms with E-state index in [1.807, 2.05) is 6.92 Å². The van der Waals surface area contributed by atoms with Crippen molar-refractivity contribution in [3.63, 3.8) is 0 Å². The lowest BCUT2D eigenvalue weighted by Gasteiger charge is -2.27. The predicted octanol–water partition coefficient (Wildman–Crippen LogP) is 1.61. The van der Waals surface area contributed by atoms with Crippen LogP contribution in [0.3, 0.4) is 0 Å². The zero-order valence-corrected chi connectivity index (χ0v) is 13.2. The van der Waals surface area contributed by atoms with E-state index in [0.717, 1.165) is 26.1 Å². The minimum Gasteiger partial charge on any atom is -0.481 e. The van der Waals surface area contributed by atoms with Crippen molar-refractivity contribution in [3.05, 3.63) is 0 Å². The van der Waals surface area contributed by atoms with Crippen molar-refractivity contribution in [3.8, 4) is 0 Å². The molecule has 0 aliphatic carbocycles. The minimum absolute atomic E-state index is 0.0271. The van der Waals surface area contributed by atoms with Gasteiger partial charge in [-0.1, -0.05) is 13.8 Å². The Labute approximate surface area is 122 Å². The molecule has 0 rings (SSSR count). The second-order valence-corrected chi connectivity index (χ2v) is 4.85. The topological polar surface area (TPSA) is 72.9 Å². The fourth-order valence-electron chi connectivity index (χ4n) is 2.16. The van der Waals surface area contributed by atoms with Gasteiger partial charge in [0, 0.05) is 19.1 Å². The molecule has 6 nitrogen and oxygen atoms in total. The number of nitrogens with one attached hydrogen (secondary N) is 1. The molecule has 20 heavy (non-hydrogen) atoms. The van der Waals surface area contributed by atoms with Crippen LogP contribution in [0.4, 0.5) is 4.79 Å². The first-order chi connectivity index (χ1) is 9.46. The number of urea groups is 1. The van der Waals surface area contributed by atoms with E-state index in [2.05, 4.69) is 24.1 Å². The van der Waals surface area contributed by atoms with Gasteiger partial charge in [-0.3, -0.25) is 4.79 Å². The summed E-state index contributed by atoms with van der Waals surface area (Å²) in [6.07, 6.45) is 0.874. The van der Waals surface area contributed by atoms with Crippen LogP contribution in [-0.2, 0) is 4.79 Å². The van der Waals surface area contributed by atoms with Crippen LogP contribution in [-0.4, -0.2) is 65.7 Å². The van der Waals surface area contributed by atoms with E-state index in [9.17, 15) is 9.59 Å². The van der Waals surface area contributed by atoms with Crippen LogP contribution in [0.2, 0.25) is 0 Å². The molecule has 0 radical (unpaired) electrons. The Morgan fingerprint density at radius 1 is 1.15 bits per heavy atom. The highest BCUT2D eigenvalue weighted by molar-refractivity contribution is 5.75. The van der Waals surface area contributed by atoms with Crippen LogP contribution in [0.1, 0.15) is 40.5 Å². The van der Waals surface area contributed by atoms with Gasteiger partial charge < -0.3 is 20.2 Å². The van der Waals surface area contributed by atoms with Gasteiger partial charge >= 0.3 is 12.0 Å². The molecule has 1 unspecified atom stereocenters. The molecule has 118 valence electrons. The van der Waals surface area contributed by atoms with Gasteiger partial charge in [-0.15, -0.1) is 0 Å². The number of carboxylic acids is 1. The first-order valence-electron chi connectivity index (χ1n) is 7.44. The fourth-order valence-corrected chi connectivity index (χ4v) is 2.16. The summed E-state index contributed by atoms with van der Waals surface area (Å²) in [5.74, 6) is -0.884. The molecule has 0 aliphatic rings. The van der Waals surface area contributed by atoms with E-state index in [4.69, 9.17) is 5.11 Å². The van der Waals surface area contributed by atoms with Crippen LogP contribution in [0.15, 0.2) is 0 Å². The van der Waals surface area contributed by atoms with Crippen molar-refractivity contribution in [2.75, 3.05) is 32.7 Å². The minimum atomic E-state index is -0.884. The van der Waals surface area contributed by atoms with Gasteiger partial charge in [0.15, 0.2) is 0 Å². The lowest BCUT2D eigenvalue weighted by Crippen LogP contribution is -2.46. The zero-order chi connectivity index (χ0) is 15.5. The average Bonchev–Trinajstić information content (AvgIpc) is 2.38. The normalized spacial score (nSPS) is 12.2. The van der Waals surface area contributed by atoms with E-state index in [1.165, 1.54) is 0 Å². The van der Waals surface area contributed by atoms with Gasteiger partial charge in [0.05, 0.1) is 6.42 Å². The quantitative estimate of drug-likeness (QED) is 0.599. The molecule has 0 aliphatic heterocycles. The standard InChI is InChI=1S/C14H29N3O3/c1-5-16(6-2)10-8-9-15-14(20)17(7-3)12(4)11-13(18)19/h12H,5-11H2,1-4H3,(H,15,20)(H,18,19). The molecule has 0 spiro atoms. The molecular weight excluding hydrogens is 258 g/mol. The summed E-state index contributed by atoms with van der Waals surface area (Å²) >= 11 is 0. The van der Waals surface area contributed by atoms with Crippen molar-refractivity contribution in [1.82, 2.24) is 15.1 Å². The lowest BCUT2D eigenvalue weighted by atomic mass is 10.2. The highest BCUT2D eigenvalue weighted by atomic mass is 16.4. The van der Waals surface area contributed by atoms with E-state index < -0.39 is 5.97 Å². The highest BCUT2D eigenvalue weighted by Crippen LogP contribution is 2.04. The Hall–Kier alpha value is -1.30. The van der Waals surface area contributed by atoms with Gasteiger partial charge in [-0.25, -0.2) is 4.79 Å². The molecule has 1 atom stereocenters. The average molecular weight is 287 g/mol. The fraction of sp³-hybridized carbons (Fsp3) is 0.857. The molecule has 0 fully saturated rings. The number of carbonyl (C=O) groups is 2.